The van der Waals surface area contributed by atoms with Gasteiger partial charge in [0.15, 0.2) is 0 Å². The summed E-state index contributed by atoms with van der Waals surface area (Å²) in [4.78, 5) is 16.7. The van der Waals surface area contributed by atoms with E-state index < -0.39 is 0 Å². The van der Waals surface area contributed by atoms with Crippen LogP contribution in [0.1, 0.15) is 58.4 Å². The van der Waals surface area contributed by atoms with Gasteiger partial charge in [-0.05, 0) is 62.8 Å². The smallest absolute Gasteiger partial charge is 0.338 e. The largest absolute Gasteiger partial charge is 0.465 e. The van der Waals surface area contributed by atoms with Gasteiger partial charge in [0.1, 0.15) is 12.0 Å². The second-order valence-electron chi connectivity index (χ2n) is 8.64. The van der Waals surface area contributed by atoms with Crippen molar-refractivity contribution in [1.29, 1.82) is 0 Å². The molecule has 6 nitrogen and oxygen atoms in total. The van der Waals surface area contributed by atoms with Gasteiger partial charge in [0.05, 0.1) is 38.1 Å². The van der Waals surface area contributed by atoms with Crippen LogP contribution in [0.25, 0.3) is 11.5 Å². The molecule has 0 radical (unpaired) electrons. The number of hydrogen-bond donors (Lipinski definition) is 0. The van der Waals surface area contributed by atoms with Crippen molar-refractivity contribution in [3.05, 3.63) is 76.7 Å². The normalized spacial score (nSPS) is 18.3. The zero-order valence-electron chi connectivity index (χ0n) is 19.5. The summed E-state index contributed by atoms with van der Waals surface area (Å²) in [5.41, 5.74) is 5.30. The van der Waals surface area contributed by atoms with Gasteiger partial charge in [0.2, 0.25) is 5.89 Å². The number of aryl methyl sites for hydroxylation is 2. The van der Waals surface area contributed by atoms with Crippen LogP contribution in [0, 0.1) is 13.8 Å². The van der Waals surface area contributed by atoms with Crippen molar-refractivity contribution in [2.45, 2.75) is 65.0 Å². The molecule has 174 valence electrons. The third kappa shape index (κ3) is 5.89. The van der Waals surface area contributed by atoms with Crippen LogP contribution in [-0.4, -0.2) is 30.3 Å². The van der Waals surface area contributed by atoms with Gasteiger partial charge in [-0.2, -0.15) is 0 Å². The summed E-state index contributed by atoms with van der Waals surface area (Å²) in [5, 5.41) is 0. The molecule has 1 saturated carbocycles. The Hall–Kier alpha value is -2.96. The van der Waals surface area contributed by atoms with Crippen LogP contribution < -0.4 is 0 Å². The Bertz CT molecular complexity index is 1070. The van der Waals surface area contributed by atoms with Crippen LogP contribution in [0.3, 0.4) is 0 Å². The maximum Gasteiger partial charge on any atom is 0.338 e. The zero-order chi connectivity index (χ0) is 23.2. The summed E-state index contributed by atoms with van der Waals surface area (Å²) in [6, 6.07) is 13.9. The molecule has 6 heteroatoms. The molecule has 0 saturated heterocycles. The minimum absolute atomic E-state index is 0.0928. The lowest BCUT2D eigenvalue weighted by Gasteiger charge is -2.29. The van der Waals surface area contributed by atoms with Gasteiger partial charge in [-0.25, -0.2) is 9.78 Å². The lowest BCUT2D eigenvalue weighted by Crippen LogP contribution is -2.28. The number of benzene rings is 2. The maximum absolute atomic E-state index is 12.2. The fourth-order valence-electron chi connectivity index (χ4n) is 4.26. The van der Waals surface area contributed by atoms with Gasteiger partial charge in [0.25, 0.3) is 0 Å². The summed E-state index contributed by atoms with van der Waals surface area (Å²) in [5.74, 6) is 0.284. The molecule has 0 N–H and O–H groups in total. The predicted molar refractivity (Wildman–Crippen MR) is 125 cm³/mol. The number of carbonyl (C=O) groups excluding carboxylic acids is 1. The van der Waals surface area contributed by atoms with E-state index in [1.807, 2.05) is 49.4 Å². The van der Waals surface area contributed by atoms with Gasteiger partial charge in [-0.3, -0.25) is 0 Å². The Morgan fingerprint density at radius 3 is 2.48 bits per heavy atom. The number of ether oxygens (including phenoxy) is 3. The van der Waals surface area contributed by atoms with Crippen LogP contribution in [0.15, 0.2) is 53.1 Å². The summed E-state index contributed by atoms with van der Waals surface area (Å²) < 4.78 is 22.9. The van der Waals surface area contributed by atoms with Crippen LogP contribution in [0.4, 0.5) is 0 Å². The number of carbonyl (C=O) groups is 1. The molecular weight excluding hydrogens is 418 g/mol. The lowest BCUT2D eigenvalue weighted by atomic mass is 9.94. The van der Waals surface area contributed by atoms with Crippen molar-refractivity contribution < 1.29 is 23.4 Å². The van der Waals surface area contributed by atoms with E-state index >= 15 is 0 Å². The standard InChI is InChI=1S/C27H31NO5/c1-18-10-12-20(13-11-18)26-28-22(17-33-26)16-32-24-9-5-8-23(14-24)31-15-21-7-4-6-19(2)25(21)27(29)30-3/h4,6-7,10-13,17,23-24H,5,8-9,14-16H2,1-3H3. The van der Waals surface area contributed by atoms with E-state index in [9.17, 15) is 4.79 Å². The first kappa shape index (κ1) is 23.2. The van der Waals surface area contributed by atoms with E-state index in [-0.39, 0.29) is 18.2 Å². The Morgan fingerprint density at radius 2 is 1.76 bits per heavy atom. The van der Waals surface area contributed by atoms with Crippen LogP contribution in [0.5, 0.6) is 0 Å². The van der Waals surface area contributed by atoms with E-state index in [1.54, 1.807) is 6.26 Å². The molecule has 0 bridgehead atoms. The third-order valence-electron chi connectivity index (χ3n) is 6.12. The average molecular weight is 450 g/mol. The Balaban J connectivity index is 1.30. The van der Waals surface area contributed by atoms with Crippen molar-refractivity contribution in [2.24, 2.45) is 0 Å². The topological polar surface area (TPSA) is 70.8 Å². The molecule has 2 atom stereocenters. The van der Waals surface area contributed by atoms with Gasteiger partial charge < -0.3 is 18.6 Å². The van der Waals surface area contributed by atoms with Gasteiger partial charge in [-0.1, -0.05) is 35.9 Å². The molecule has 1 aromatic heterocycles. The van der Waals surface area contributed by atoms with Crippen molar-refractivity contribution in [1.82, 2.24) is 4.98 Å². The molecule has 1 heterocycles. The van der Waals surface area contributed by atoms with Crippen molar-refractivity contribution >= 4 is 5.97 Å². The summed E-state index contributed by atoms with van der Waals surface area (Å²) in [6.45, 7) is 4.76. The highest BCUT2D eigenvalue weighted by molar-refractivity contribution is 5.92. The van der Waals surface area contributed by atoms with Crippen LogP contribution >= 0.6 is 0 Å². The SMILES string of the molecule is COC(=O)c1c(C)cccc1COC1CCCC(OCc2coc(-c3ccc(C)cc3)n2)C1. The highest BCUT2D eigenvalue weighted by atomic mass is 16.5. The molecule has 2 aromatic carbocycles. The molecule has 0 aliphatic heterocycles. The molecule has 33 heavy (non-hydrogen) atoms. The summed E-state index contributed by atoms with van der Waals surface area (Å²) in [7, 11) is 1.40. The lowest BCUT2D eigenvalue weighted by molar-refractivity contribution is -0.0563. The minimum atomic E-state index is -0.325. The number of oxazole rings is 1. The first-order valence-corrected chi connectivity index (χ1v) is 11.4. The monoisotopic (exact) mass is 449 g/mol. The number of aromatic nitrogens is 1. The van der Waals surface area contributed by atoms with Crippen LogP contribution in [0.2, 0.25) is 0 Å². The minimum Gasteiger partial charge on any atom is -0.465 e. The average Bonchev–Trinajstić information content (AvgIpc) is 3.31. The van der Waals surface area contributed by atoms with Crippen molar-refractivity contribution in [2.75, 3.05) is 7.11 Å². The fourth-order valence-corrected chi connectivity index (χ4v) is 4.26. The number of nitrogens with zero attached hydrogens (tertiary/aromatic N) is 1. The van der Waals surface area contributed by atoms with E-state index in [2.05, 4.69) is 11.9 Å². The van der Waals surface area contributed by atoms with Gasteiger partial charge >= 0.3 is 5.97 Å². The molecular formula is C27H31NO5. The molecule has 1 aliphatic rings. The van der Waals surface area contributed by atoms with Crippen molar-refractivity contribution in [3.8, 4) is 11.5 Å². The summed E-state index contributed by atoms with van der Waals surface area (Å²) >= 11 is 0. The number of rotatable bonds is 8. The van der Waals surface area contributed by atoms with E-state index in [1.165, 1.54) is 12.7 Å². The second kappa shape index (κ2) is 10.8. The summed E-state index contributed by atoms with van der Waals surface area (Å²) in [6.07, 6.45) is 5.72. The third-order valence-corrected chi connectivity index (χ3v) is 6.12. The first-order valence-electron chi connectivity index (χ1n) is 11.4. The Labute approximate surface area is 194 Å². The molecule has 1 fully saturated rings. The molecule has 2 unspecified atom stereocenters. The van der Waals surface area contributed by atoms with Gasteiger partial charge in [0, 0.05) is 5.56 Å². The fraction of sp³-hybridized carbons (Fsp3) is 0.407. The molecule has 4 rings (SSSR count). The van der Waals surface area contributed by atoms with E-state index in [0.29, 0.717) is 24.7 Å². The second-order valence-corrected chi connectivity index (χ2v) is 8.64. The Kier molecular flexibility index (Phi) is 7.57. The number of esters is 1. The molecule has 0 spiro atoms. The number of methoxy groups -OCH3 is 1. The first-order chi connectivity index (χ1) is 16.0. The van der Waals surface area contributed by atoms with Gasteiger partial charge in [-0.15, -0.1) is 0 Å². The highest BCUT2D eigenvalue weighted by Crippen LogP contribution is 2.27. The molecule has 1 aliphatic carbocycles. The molecule has 3 aromatic rings. The maximum atomic E-state index is 12.2. The molecule has 0 amide bonds. The van der Waals surface area contributed by atoms with Crippen LogP contribution in [-0.2, 0) is 27.4 Å². The predicted octanol–water partition coefficient (Wildman–Crippen LogP) is 5.79. The zero-order valence-corrected chi connectivity index (χ0v) is 19.5. The highest BCUT2D eigenvalue weighted by Gasteiger charge is 2.24. The van der Waals surface area contributed by atoms with Crippen molar-refractivity contribution in [3.63, 3.8) is 0 Å². The Morgan fingerprint density at radius 1 is 1.03 bits per heavy atom. The van der Waals surface area contributed by atoms with E-state index in [4.69, 9.17) is 18.6 Å². The van der Waals surface area contributed by atoms with E-state index in [0.717, 1.165) is 48.1 Å². The quantitative estimate of drug-likeness (QED) is 0.406. The number of hydrogen-bond acceptors (Lipinski definition) is 6.